The van der Waals surface area contributed by atoms with Crippen LogP contribution in [-0.4, -0.2) is 32.6 Å². The van der Waals surface area contributed by atoms with E-state index in [1.165, 1.54) is 11.2 Å². The summed E-state index contributed by atoms with van der Waals surface area (Å²) in [6.07, 6.45) is 3.43. The van der Waals surface area contributed by atoms with Crippen LogP contribution in [0.15, 0.2) is 36.8 Å². The number of imidazole rings is 1. The van der Waals surface area contributed by atoms with E-state index in [9.17, 15) is 14.7 Å². The minimum Gasteiger partial charge on any atom is -0.480 e. The molecule has 1 N–H and O–H groups in total. The lowest BCUT2D eigenvalue weighted by atomic mass is 10.1. The van der Waals surface area contributed by atoms with E-state index in [4.69, 9.17) is 0 Å². The van der Waals surface area contributed by atoms with Crippen molar-refractivity contribution in [3.05, 3.63) is 48.0 Å². The van der Waals surface area contributed by atoms with E-state index >= 15 is 0 Å². The van der Waals surface area contributed by atoms with Gasteiger partial charge < -0.3 is 9.67 Å². The fraction of sp³-hybridized carbons (Fsp3) is 0.214. The maximum Gasteiger partial charge on any atom is 0.327 e. The summed E-state index contributed by atoms with van der Waals surface area (Å²) in [5.74, 6) is -1.39. The first kappa shape index (κ1) is 12.4. The SMILES string of the molecule is Cn1cnc(C(=O)N2c3ccccc3CC2C(=O)O)c1. The Balaban J connectivity index is 2.04. The zero-order chi connectivity index (χ0) is 14.3. The first-order valence-electron chi connectivity index (χ1n) is 6.20. The van der Waals surface area contributed by atoms with Crippen LogP contribution in [0.4, 0.5) is 5.69 Å². The molecule has 2 aromatic rings. The molecule has 0 fully saturated rings. The number of benzene rings is 1. The fourth-order valence-corrected chi connectivity index (χ4v) is 2.48. The highest BCUT2D eigenvalue weighted by Gasteiger charge is 2.39. The molecule has 0 bridgehead atoms. The van der Waals surface area contributed by atoms with Gasteiger partial charge in [-0.15, -0.1) is 0 Å². The third-order valence-corrected chi connectivity index (χ3v) is 3.40. The van der Waals surface area contributed by atoms with E-state index in [0.717, 1.165) is 5.56 Å². The van der Waals surface area contributed by atoms with Gasteiger partial charge in [0.15, 0.2) is 0 Å². The number of fused-ring (bicyclic) bond motifs is 1. The van der Waals surface area contributed by atoms with E-state index < -0.39 is 12.0 Å². The topological polar surface area (TPSA) is 75.4 Å². The van der Waals surface area contributed by atoms with Crippen LogP contribution in [0.5, 0.6) is 0 Å². The number of carbonyl (C=O) groups excluding carboxylic acids is 1. The Morgan fingerprint density at radius 2 is 2.10 bits per heavy atom. The predicted octanol–water partition coefficient (Wildman–Crippen LogP) is 1.08. The molecule has 0 aliphatic carbocycles. The molecule has 0 radical (unpaired) electrons. The molecule has 6 heteroatoms. The molecule has 1 unspecified atom stereocenters. The van der Waals surface area contributed by atoms with Crippen LogP contribution >= 0.6 is 0 Å². The lowest BCUT2D eigenvalue weighted by Gasteiger charge is -2.21. The van der Waals surface area contributed by atoms with Crippen LogP contribution in [0, 0.1) is 0 Å². The molecule has 2 heterocycles. The Labute approximate surface area is 115 Å². The molecule has 102 valence electrons. The second kappa shape index (κ2) is 4.48. The number of para-hydroxylation sites is 1. The maximum atomic E-state index is 12.5. The molecule has 3 rings (SSSR count). The van der Waals surface area contributed by atoms with Crippen LogP contribution in [0.1, 0.15) is 16.1 Å². The number of nitrogens with zero attached hydrogens (tertiary/aromatic N) is 3. The van der Waals surface area contributed by atoms with E-state index in [1.54, 1.807) is 29.9 Å². The minimum absolute atomic E-state index is 0.246. The first-order valence-corrected chi connectivity index (χ1v) is 6.20. The Kier molecular flexibility index (Phi) is 2.78. The van der Waals surface area contributed by atoms with Crippen LogP contribution in [-0.2, 0) is 18.3 Å². The second-order valence-electron chi connectivity index (χ2n) is 4.79. The molecule has 1 aromatic heterocycles. The number of aliphatic carboxylic acids is 1. The van der Waals surface area contributed by atoms with Crippen molar-refractivity contribution >= 4 is 17.6 Å². The number of rotatable bonds is 2. The standard InChI is InChI=1S/C14H13N3O3/c1-16-7-10(15-8-16)13(18)17-11-5-3-2-4-9(11)6-12(17)14(19)20/h2-5,7-8,12H,6H2,1H3,(H,19,20). The molecule has 1 aliphatic rings. The number of amides is 1. The number of carbonyl (C=O) groups is 2. The Hall–Kier alpha value is -2.63. The van der Waals surface area contributed by atoms with Crippen molar-refractivity contribution in [3.8, 4) is 0 Å². The van der Waals surface area contributed by atoms with Crippen molar-refractivity contribution in [2.24, 2.45) is 7.05 Å². The van der Waals surface area contributed by atoms with Gasteiger partial charge in [0, 0.05) is 25.4 Å². The van der Waals surface area contributed by atoms with Crippen LogP contribution in [0.2, 0.25) is 0 Å². The molecule has 1 atom stereocenters. The Morgan fingerprint density at radius 3 is 2.75 bits per heavy atom. The summed E-state index contributed by atoms with van der Waals surface area (Å²) in [7, 11) is 1.76. The molecule has 6 nitrogen and oxygen atoms in total. The largest absolute Gasteiger partial charge is 0.480 e. The monoisotopic (exact) mass is 271 g/mol. The fourth-order valence-electron chi connectivity index (χ4n) is 2.48. The molecule has 20 heavy (non-hydrogen) atoms. The van der Waals surface area contributed by atoms with Crippen LogP contribution in [0.25, 0.3) is 0 Å². The van der Waals surface area contributed by atoms with Gasteiger partial charge in [0.05, 0.1) is 6.33 Å². The molecule has 1 aliphatic heterocycles. The third kappa shape index (κ3) is 1.85. The summed E-state index contributed by atoms with van der Waals surface area (Å²) < 4.78 is 1.66. The van der Waals surface area contributed by atoms with E-state index in [1.807, 2.05) is 12.1 Å². The van der Waals surface area contributed by atoms with Gasteiger partial charge >= 0.3 is 5.97 Å². The predicted molar refractivity (Wildman–Crippen MR) is 71.6 cm³/mol. The molecule has 0 saturated heterocycles. The molecular weight excluding hydrogens is 258 g/mol. The first-order chi connectivity index (χ1) is 9.58. The summed E-state index contributed by atoms with van der Waals surface area (Å²) in [5.41, 5.74) is 1.76. The van der Waals surface area contributed by atoms with Crippen molar-refractivity contribution in [2.75, 3.05) is 4.90 Å². The lowest BCUT2D eigenvalue weighted by Crippen LogP contribution is -2.43. The number of carboxylic acids is 1. The van der Waals surface area contributed by atoms with Crippen molar-refractivity contribution in [1.82, 2.24) is 9.55 Å². The van der Waals surface area contributed by atoms with Gasteiger partial charge in [-0.2, -0.15) is 0 Å². The summed E-state index contributed by atoms with van der Waals surface area (Å²) in [4.78, 5) is 29.3. The molecular formula is C14H13N3O3. The van der Waals surface area contributed by atoms with Crippen molar-refractivity contribution in [1.29, 1.82) is 0 Å². The number of anilines is 1. The third-order valence-electron chi connectivity index (χ3n) is 3.40. The summed E-state index contributed by atoms with van der Waals surface area (Å²) in [6.45, 7) is 0. The van der Waals surface area contributed by atoms with Crippen LogP contribution in [0.3, 0.4) is 0 Å². The Morgan fingerprint density at radius 1 is 1.35 bits per heavy atom. The van der Waals surface area contributed by atoms with Crippen molar-refractivity contribution in [2.45, 2.75) is 12.5 Å². The summed E-state index contributed by atoms with van der Waals surface area (Å²) in [6, 6.07) is 6.37. The zero-order valence-electron chi connectivity index (χ0n) is 10.9. The van der Waals surface area contributed by atoms with Gasteiger partial charge in [-0.05, 0) is 11.6 Å². The second-order valence-corrected chi connectivity index (χ2v) is 4.79. The van der Waals surface area contributed by atoms with Crippen molar-refractivity contribution in [3.63, 3.8) is 0 Å². The van der Waals surface area contributed by atoms with Gasteiger partial charge in [-0.25, -0.2) is 9.78 Å². The average Bonchev–Trinajstić information content (AvgIpc) is 3.01. The minimum atomic E-state index is -1.01. The number of carboxylic acid groups (broad SMARTS) is 1. The number of hydrogen-bond donors (Lipinski definition) is 1. The number of hydrogen-bond acceptors (Lipinski definition) is 3. The maximum absolute atomic E-state index is 12.5. The highest BCUT2D eigenvalue weighted by atomic mass is 16.4. The molecule has 1 amide bonds. The zero-order valence-corrected chi connectivity index (χ0v) is 10.9. The van der Waals surface area contributed by atoms with Gasteiger partial charge in [0.1, 0.15) is 11.7 Å². The van der Waals surface area contributed by atoms with E-state index in [2.05, 4.69) is 4.98 Å². The molecule has 1 aromatic carbocycles. The molecule has 0 spiro atoms. The number of aromatic nitrogens is 2. The lowest BCUT2D eigenvalue weighted by molar-refractivity contribution is -0.138. The van der Waals surface area contributed by atoms with Crippen LogP contribution < -0.4 is 4.90 Å². The quantitative estimate of drug-likeness (QED) is 0.886. The van der Waals surface area contributed by atoms with Crippen molar-refractivity contribution < 1.29 is 14.7 Å². The summed E-state index contributed by atoms with van der Waals surface area (Å²) >= 11 is 0. The summed E-state index contributed by atoms with van der Waals surface area (Å²) in [5, 5.41) is 9.34. The van der Waals surface area contributed by atoms with Gasteiger partial charge in [-0.1, -0.05) is 18.2 Å². The van der Waals surface area contributed by atoms with Gasteiger partial charge in [-0.3, -0.25) is 9.69 Å². The van der Waals surface area contributed by atoms with E-state index in [-0.39, 0.29) is 11.6 Å². The van der Waals surface area contributed by atoms with E-state index in [0.29, 0.717) is 12.1 Å². The Bertz CT molecular complexity index is 692. The molecule has 0 saturated carbocycles. The normalized spacial score (nSPS) is 17.1. The van der Waals surface area contributed by atoms with Gasteiger partial charge in [0.2, 0.25) is 0 Å². The highest BCUT2D eigenvalue weighted by Crippen LogP contribution is 2.33. The highest BCUT2D eigenvalue weighted by molar-refractivity contribution is 6.09. The van der Waals surface area contributed by atoms with Gasteiger partial charge in [0.25, 0.3) is 5.91 Å². The smallest absolute Gasteiger partial charge is 0.327 e. The number of aryl methyl sites for hydroxylation is 1. The average molecular weight is 271 g/mol.